The van der Waals surface area contributed by atoms with E-state index in [1.165, 1.54) is 11.8 Å². The second kappa shape index (κ2) is 13.0. The maximum Gasteiger partial charge on any atom is 0.307 e. The van der Waals surface area contributed by atoms with E-state index in [0.29, 0.717) is 35.7 Å². The van der Waals surface area contributed by atoms with E-state index in [4.69, 9.17) is 9.47 Å². The van der Waals surface area contributed by atoms with Gasteiger partial charge in [-0.3, -0.25) is 14.4 Å². The Bertz CT molecular complexity index is 1320. The lowest BCUT2D eigenvalue weighted by Gasteiger charge is -2.24. The Morgan fingerprint density at radius 3 is 2.03 bits per heavy atom. The fourth-order valence-electron chi connectivity index (χ4n) is 4.35. The zero-order valence-electron chi connectivity index (χ0n) is 21.6. The molecular formula is C30H30N2O6S. The smallest absolute Gasteiger partial charge is 0.307 e. The van der Waals surface area contributed by atoms with E-state index in [1.54, 1.807) is 50.6 Å². The van der Waals surface area contributed by atoms with Crippen molar-refractivity contribution in [2.24, 2.45) is 11.8 Å². The maximum absolute atomic E-state index is 13.5. The Morgan fingerprint density at radius 2 is 1.44 bits per heavy atom. The number of benzene rings is 3. The Kier molecular flexibility index (Phi) is 9.27. The number of hydrogen-bond donors (Lipinski definition) is 3. The van der Waals surface area contributed by atoms with Crippen LogP contribution in [-0.2, 0) is 14.4 Å². The van der Waals surface area contributed by atoms with Gasteiger partial charge in [0.05, 0.1) is 26.1 Å². The van der Waals surface area contributed by atoms with Crippen LogP contribution in [0.15, 0.2) is 89.8 Å². The number of nitrogens with one attached hydrogen (secondary N) is 2. The lowest BCUT2D eigenvalue weighted by atomic mass is 9.82. The summed E-state index contributed by atoms with van der Waals surface area (Å²) in [6, 6.07) is 21.8. The summed E-state index contributed by atoms with van der Waals surface area (Å²) in [7, 11) is 3.09. The molecule has 0 aliphatic heterocycles. The van der Waals surface area contributed by atoms with Gasteiger partial charge >= 0.3 is 5.97 Å². The summed E-state index contributed by atoms with van der Waals surface area (Å²) in [4.78, 5) is 38.6. The topological polar surface area (TPSA) is 114 Å². The number of carbonyl (C=O) groups is 3. The van der Waals surface area contributed by atoms with Crippen molar-refractivity contribution in [3.05, 3.63) is 90.5 Å². The number of thioether (sulfide) groups is 1. The number of anilines is 2. The summed E-state index contributed by atoms with van der Waals surface area (Å²) in [5, 5.41) is 14.7. The summed E-state index contributed by atoms with van der Waals surface area (Å²) < 4.78 is 10.6. The van der Waals surface area contributed by atoms with E-state index in [0.717, 1.165) is 10.5 Å². The number of amides is 2. The summed E-state index contributed by atoms with van der Waals surface area (Å²) in [6.45, 7) is 0. The van der Waals surface area contributed by atoms with Gasteiger partial charge in [-0.25, -0.2) is 0 Å². The summed E-state index contributed by atoms with van der Waals surface area (Å²) in [5.41, 5.74) is 1.94. The van der Waals surface area contributed by atoms with Crippen LogP contribution in [0.3, 0.4) is 0 Å². The lowest BCUT2D eigenvalue weighted by Crippen LogP contribution is -2.34. The molecule has 0 heterocycles. The van der Waals surface area contributed by atoms with E-state index in [-0.39, 0.29) is 11.8 Å². The molecule has 0 spiro atoms. The van der Waals surface area contributed by atoms with Gasteiger partial charge < -0.3 is 25.2 Å². The Labute approximate surface area is 231 Å². The molecule has 0 aromatic heterocycles. The van der Waals surface area contributed by atoms with E-state index < -0.39 is 23.1 Å². The van der Waals surface area contributed by atoms with Crippen LogP contribution >= 0.6 is 11.8 Å². The van der Waals surface area contributed by atoms with Crippen molar-refractivity contribution < 1.29 is 29.0 Å². The van der Waals surface area contributed by atoms with Gasteiger partial charge in [0.15, 0.2) is 0 Å². The van der Waals surface area contributed by atoms with E-state index in [9.17, 15) is 19.5 Å². The largest absolute Gasteiger partial charge is 0.497 e. The molecule has 0 radical (unpaired) electrons. The lowest BCUT2D eigenvalue weighted by molar-refractivity contribution is -0.146. The first-order valence-corrected chi connectivity index (χ1v) is 13.3. The third kappa shape index (κ3) is 7.20. The predicted molar refractivity (Wildman–Crippen MR) is 151 cm³/mol. The van der Waals surface area contributed by atoms with Crippen molar-refractivity contribution in [3.8, 4) is 11.5 Å². The van der Waals surface area contributed by atoms with Gasteiger partial charge in [0.1, 0.15) is 16.7 Å². The van der Waals surface area contributed by atoms with E-state index in [1.807, 2.05) is 48.5 Å². The SMILES string of the molecule is COc1cc(NC(=O)C(Sc2ccc(NC(=O)C3CC=CCC3C(=O)O)cc2)c2ccccc2)cc(OC)c1. The molecule has 3 aromatic carbocycles. The van der Waals surface area contributed by atoms with Gasteiger partial charge in [0, 0.05) is 34.5 Å². The highest BCUT2D eigenvalue weighted by molar-refractivity contribution is 8.00. The fourth-order valence-corrected chi connectivity index (χ4v) is 5.38. The van der Waals surface area contributed by atoms with Crippen LogP contribution in [0.25, 0.3) is 0 Å². The Hall–Kier alpha value is -4.24. The van der Waals surface area contributed by atoms with Crippen LogP contribution in [-0.4, -0.2) is 37.1 Å². The molecule has 202 valence electrons. The normalized spacial score (nSPS) is 17.1. The van der Waals surface area contributed by atoms with Crippen LogP contribution in [0, 0.1) is 11.8 Å². The highest BCUT2D eigenvalue weighted by Gasteiger charge is 2.34. The minimum absolute atomic E-state index is 0.219. The van der Waals surface area contributed by atoms with Crippen molar-refractivity contribution in [1.29, 1.82) is 0 Å². The second-order valence-electron chi connectivity index (χ2n) is 9.01. The molecule has 1 aliphatic rings. The number of methoxy groups -OCH3 is 2. The number of aliphatic carboxylic acids is 1. The molecule has 1 aliphatic carbocycles. The number of rotatable bonds is 10. The predicted octanol–water partition coefficient (Wildman–Crippen LogP) is 5.78. The summed E-state index contributed by atoms with van der Waals surface area (Å²) in [6.07, 6.45) is 4.39. The highest BCUT2D eigenvalue weighted by Crippen LogP contribution is 2.37. The first-order chi connectivity index (χ1) is 18.9. The molecule has 3 unspecified atom stereocenters. The van der Waals surface area contributed by atoms with Gasteiger partial charge in [0.25, 0.3) is 0 Å². The molecule has 0 saturated carbocycles. The first kappa shape index (κ1) is 27.8. The molecule has 3 atom stereocenters. The average Bonchev–Trinajstić information content (AvgIpc) is 2.96. The molecule has 0 bridgehead atoms. The number of hydrogen-bond acceptors (Lipinski definition) is 6. The Morgan fingerprint density at radius 1 is 0.821 bits per heavy atom. The van der Waals surface area contributed by atoms with E-state index in [2.05, 4.69) is 10.6 Å². The number of carbonyl (C=O) groups excluding carboxylic acids is 2. The zero-order chi connectivity index (χ0) is 27.8. The van der Waals surface area contributed by atoms with Crippen molar-refractivity contribution in [3.63, 3.8) is 0 Å². The van der Waals surface area contributed by atoms with Gasteiger partial charge in [-0.05, 0) is 42.7 Å². The first-order valence-electron chi connectivity index (χ1n) is 12.4. The van der Waals surface area contributed by atoms with Crippen LogP contribution in [0.2, 0.25) is 0 Å². The van der Waals surface area contributed by atoms with Crippen molar-refractivity contribution in [2.45, 2.75) is 23.0 Å². The molecule has 4 rings (SSSR count). The number of ether oxygens (including phenoxy) is 2. The number of allylic oxidation sites excluding steroid dienone is 2. The molecule has 9 heteroatoms. The van der Waals surface area contributed by atoms with Gasteiger partial charge in [-0.2, -0.15) is 0 Å². The second-order valence-corrected chi connectivity index (χ2v) is 10.2. The standard InChI is InChI=1S/C30H30N2O6S/c1-37-22-16-21(17-23(18-22)38-2)32-29(34)27(19-8-4-3-5-9-19)39-24-14-12-20(13-15-24)31-28(33)25-10-6-7-11-26(25)30(35)36/h3-9,12-18,25-27H,10-11H2,1-2H3,(H,31,33)(H,32,34)(H,35,36). The minimum atomic E-state index is -0.969. The monoisotopic (exact) mass is 546 g/mol. The fraction of sp³-hybridized carbons (Fsp3) is 0.233. The van der Waals surface area contributed by atoms with Crippen LogP contribution in [0.1, 0.15) is 23.7 Å². The van der Waals surface area contributed by atoms with Gasteiger partial charge in [-0.15, -0.1) is 11.8 Å². The van der Waals surface area contributed by atoms with Crippen molar-refractivity contribution in [2.75, 3.05) is 24.9 Å². The van der Waals surface area contributed by atoms with Crippen LogP contribution in [0.5, 0.6) is 11.5 Å². The summed E-state index contributed by atoms with van der Waals surface area (Å²) >= 11 is 1.37. The maximum atomic E-state index is 13.5. The van der Waals surface area contributed by atoms with Crippen molar-refractivity contribution in [1.82, 2.24) is 0 Å². The van der Waals surface area contributed by atoms with Crippen molar-refractivity contribution >= 4 is 40.9 Å². The zero-order valence-corrected chi connectivity index (χ0v) is 22.4. The van der Waals surface area contributed by atoms with Crippen LogP contribution in [0.4, 0.5) is 11.4 Å². The molecule has 3 aromatic rings. The molecule has 0 fully saturated rings. The minimum Gasteiger partial charge on any atom is -0.497 e. The Balaban J connectivity index is 1.49. The van der Waals surface area contributed by atoms with Gasteiger partial charge in [-0.1, -0.05) is 42.5 Å². The quantitative estimate of drug-likeness (QED) is 0.218. The third-order valence-corrected chi connectivity index (χ3v) is 7.69. The molecule has 2 amide bonds. The average molecular weight is 547 g/mol. The highest BCUT2D eigenvalue weighted by atomic mass is 32.2. The number of carboxylic acids is 1. The molecular weight excluding hydrogens is 516 g/mol. The molecule has 3 N–H and O–H groups in total. The van der Waals surface area contributed by atoms with E-state index >= 15 is 0 Å². The van der Waals surface area contributed by atoms with Crippen LogP contribution < -0.4 is 20.1 Å². The van der Waals surface area contributed by atoms with Gasteiger partial charge in [0.2, 0.25) is 11.8 Å². The number of carboxylic acid groups (broad SMARTS) is 1. The molecule has 8 nitrogen and oxygen atoms in total. The molecule has 39 heavy (non-hydrogen) atoms. The summed E-state index contributed by atoms with van der Waals surface area (Å²) in [5.74, 6) is -1.74. The third-order valence-electron chi connectivity index (χ3n) is 6.42. The molecule has 0 saturated heterocycles.